The number of benzene rings is 1. The van der Waals surface area contributed by atoms with Gasteiger partial charge in [-0.15, -0.1) is 0 Å². The third-order valence-corrected chi connectivity index (χ3v) is 6.49. The van der Waals surface area contributed by atoms with E-state index in [1.807, 2.05) is 4.90 Å². The lowest BCUT2D eigenvalue weighted by Gasteiger charge is -2.48. The number of nitrogens with one attached hydrogen (secondary N) is 1. The molecular formula is C19H28N4O5S. The first-order chi connectivity index (χ1) is 13.6. The minimum Gasteiger partial charge on any atom is -0.478 e. The molecule has 29 heavy (non-hydrogen) atoms. The van der Waals surface area contributed by atoms with Crippen molar-refractivity contribution in [2.45, 2.75) is 37.6 Å². The first-order valence-corrected chi connectivity index (χ1v) is 11.7. The highest BCUT2D eigenvalue weighted by Crippen LogP contribution is 2.35. The van der Waals surface area contributed by atoms with Gasteiger partial charge in [0.05, 0.1) is 17.5 Å². The molecule has 0 radical (unpaired) electrons. The van der Waals surface area contributed by atoms with Gasteiger partial charge < -0.3 is 15.7 Å². The fraction of sp³-hybridized carbons (Fsp3) is 0.579. The van der Waals surface area contributed by atoms with Crippen molar-refractivity contribution in [2.24, 2.45) is 5.73 Å². The van der Waals surface area contributed by atoms with E-state index in [9.17, 15) is 23.1 Å². The Kier molecular flexibility index (Phi) is 6.04. The van der Waals surface area contributed by atoms with Crippen LogP contribution < -0.4 is 15.4 Å². The number of aromatic carboxylic acids is 1. The van der Waals surface area contributed by atoms with E-state index in [-0.39, 0.29) is 17.2 Å². The van der Waals surface area contributed by atoms with Gasteiger partial charge in [0.1, 0.15) is 5.54 Å². The standard InChI is InChI=1S/C19H28N4O5S/c1-29(27,28)21-14-5-6-16(15(13-14)17(24)25)22-11-7-19(8-12-22,18(20)26)23-9-3-2-4-10-23/h5-6,13,21H,2-4,7-12H2,1H3,(H2,20,26)(H,24,25). The molecule has 0 bridgehead atoms. The van der Waals surface area contributed by atoms with Gasteiger partial charge >= 0.3 is 5.97 Å². The van der Waals surface area contributed by atoms with Crippen molar-refractivity contribution in [1.82, 2.24) is 4.90 Å². The van der Waals surface area contributed by atoms with Gasteiger partial charge in [0.25, 0.3) is 0 Å². The van der Waals surface area contributed by atoms with E-state index in [1.165, 1.54) is 6.07 Å². The summed E-state index contributed by atoms with van der Waals surface area (Å²) >= 11 is 0. The molecule has 0 aromatic heterocycles. The van der Waals surface area contributed by atoms with Crippen molar-refractivity contribution in [3.63, 3.8) is 0 Å². The second-order valence-corrected chi connectivity index (χ2v) is 9.59. The van der Waals surface area contributed by atoms with E-state index < -0.39 is 21.5 Å². The Bertz CT molecular complexity index is 888. The molecule has 1 aromatic rings. The summed E-state index contributed by atoms with van der Waals surface area (Å²) in [6, 6.07) is 4.47. The minimum absolute atomic E-state index is 0.0168. The van der Waals surface area contributed by atoms with Gasteiger partial charge in [-0.2, -0.15) is 0 Å². The Morgan fingerprint density at radius 1 is 1.10 bits per heavy atom. The Labute approximate surface area is 170 Å². The number of piperidine rings is 2. The number of carboxylic acids is 1. The number of hydrogen-bond acceptors (Lipinski definition) is 6. The zero-order valence-corrected chi connectivity index (χ0v) is 17.4. The van der Waals surface area contributed by atoms with Crippen LogP contribution in [-0.4, -0.2) is 68.3 Å². The molecule has 0 atom stereocenters. The number of amides is 1. The maximum atomic E-state index is 12.4. The van der Waals surface area contributed by atoms with E-state index in [1.54, 1.807) is 12.1 Å². The number of sulfonamides is 1. The first-order valence-electron chi connectivity index (χ1n) is 9.77. The fourth-order valence-corrected chi connectivity index (χ4v) is 4.97. The molecule has 4 N–H and O–H groups in total. The molecule has 0 aliphatic carbocycles. The van der Waals surface area contributed by atoms with Crippen LogP contribution in [0.25, 0.3) is 0 Å². The number of anilines is 2. The van der Waals surface area contributed by atoms with Gasteiger partial charge in [-0.1, -0.05) is 6.42 Å². The molecule has 2 saturated heterocycles. The molecule has 0 saturated carbocycles. The molecule has 3 rings (SSSR count). The monoisotopic (exact) mass is 424 g/mol. The van der Waals surface area contributed by atoms with Gasteiger partial charge in [0.2, 0.25) is 15.9 Å². The summed E-state index contributed by atoms with van der Waals surface area (Å²) in [6.45, 7) is 2.71. The summed E-state index contributed by atoms with van der Waals surface area (Å²) in [5.41, 5.74) is 5.86. The summed E-state index contributed by atoms with van der Waals surface area (Å²) < 4.78 is 25.2. The molecule has 0 unspecified atom stereocenters. The highest BCUT2D eigenvalue weighted by Gasteiger charge is 2.45. The highest BCUT2D eigenvalue weighted by atomic mass is 32.2. The second-order valence-electron chi connectivity index (χ2n) is 7.84. The number of carbonyl (C=O) groups excluding carboxylic acids is 1. The van der Waals surface area contributed by atoms with Crippen LogP contribution >= 0.6 is 0 Å². The summed E-state index contributed by atoms with van der Waals surface area (Å²) in [7, 11) is -3.51. The number of hydrogen-bond donors (Lipinski definition) is 3. The first kappa shape index (κ1) is 21.4. The molecular weight excluding hydrogens is 396 g/mol. The minimum atomic E-state index is -3.51. The van der Waals surface area contributed by atoms with Crippen LogP contribution in [0.2, 0.25) is 0 Å². The van der Waals surface area contributed by atoms with Crippen molar-refractivity contribution in [2.75, 3.05) is 42.1 Å². The van der Waals surface area contributed by atoms with Gasteiger partial charge in [-0.25, -0.2) is 13.2 Å². The second kappa shape index (κ2) is 8.19. The molecule has 1 amide bonds. The van der Waals surface area contributed by atoms with Crippen LogP contribution in [-0.2, 0) is 14.8 Å². The number of carbonyl (C=O) groups is 2. The summed E-state index contributed by atoms with van der Waals surface area (Å²) in [4.78, 5) is 28.3. The molecule has 10 heteroatoms. The van der Waals surface area contributed by atoms with E-state index in [4.69, 9.17) is 5.73 Å². The van der Waals surface area contributed by atoms with Crippen LogP contribution in [0.4, 0.5) is 11.4 Å². The number of nitrogens with two attached hydrogens (primary N) is 1. The van der Waals surface area contributed by atoms with E-state index in [0.29, 0.717) is 31.6 Å². The number of primary amides is 1. The Morgan fingerprint density at radius 2 is 1.72 bits per heavy atom. The third-order valence-electron chi connectivity index (χ3n) is 5.88. The predicted molar refractivity (Wildman–Crippen MR) is 111 cm³/mol. The quantitative estimate of drug-likeness (QED) is 0.622. The smallest absolute Gasteiger partial charge is 0.337 e. The molecule has 1 aromatic carbocycles. The molecule has 2 aliphatic rings. The SMILES string of the molecule is CS(=O)(=O)Nc1ccc(N2CCC(C(N)=O)(N3CCCCC3)CC2)c(C(=O)O)c1. The molecule has 2 heterocycles. The zero-order chi connectivity index (χ0) is 21.2. The topological polar surface area (TPSA) is 133 Å². The van der Waals surface area contributed by atoms with Crippen molar-refractivity contribution in [3.8, 4) is 0 Å². The molecule has 9 nitrogen and oxygen atoms in total. The van der Waals surface area contributed by atoms with E-state index >= 15 is 0 Å². The Morgan fingerprint density at radius 3 is 2.24 bits per heavy atom. The van der Waals surface area contributed by atoms with Gasteiger partial charge in [0, 0.05) is 18.8 Å². The van der Waals surface area contributed by atoms with Crippen LogP contribution in [0.1, 0.15) is 42.5 Å². The number of rotatable bonds is 6. The van der Waals surface area contributed by atoms with Crippen LogP contribution in [0.3, 0.4) is 0 Å². The van der Waals surface area contributed by atoms with Crippen molar-refractivity contribution in [1.29, 1.82) is 0 Å². The van der Waals surface area contributed by atoms with Crippen molar-refractivity contribution >= 4 is 33.3 Å². The third kappa shape index (κ3) is 4.64. The molecule has 2 fully saturated rings. The zero-order valence-electron chi connectivity index (χ0n) is 16.6. The summed E-state index contributed by atoms with van der Waals surface area (Å²) in [6.07, 6.45) is 5.34. The normalized spacial score (nSPS) is 20.2. The maximum absolute atomic E-state index is 12.4. The lowest BCUT2D eigenvalue weighted by atomic mass is 9.83. The number of nitrogens with zero attached hydrogens (tertiary/aromatic N) is 2. The van der Waals surface area contributed by atoms with Crippen molar-refractivity contribution in [3.05, 3.63) is 23.8 Å². The molecule has 160 valence electrons. The van der Waals surface area contributed by atoms with E-state index in [2.05, 4.69) is 9.62 Å². The lowest BCUT2D eigenvalue weighted by molar-refractivity contribution is -0.132. The largest absolute Gasteiger partial charge is 0.478 e. The summed E-state index contributed by atoms with van der Waals surface area (Å²) in [5.74, 6) is -1.45. The summed E-state index contributed by atoms with van der Waals surface area (Å²) in [5, 5.41) is 9.63. The predicted octanol–water partition coefficient (Wildman–Crippen LogP) is 1.07. The lowest BCUT2D eigenvalue weighted by Crippen LogP contribution is -2.63. The highest BCUT2D eigenvalue weighted by molar-refractivity contribution is 7.92. The number of carboxylic acid groups (broad SMARTS) is 1. The molecule has 2 aliphatic heterocycles. The average Bonchev–Trinajstić information content (AvgIpc) is 2.67. The Balaban J connectivity index is 1.82. The van der Waals surface area contributed by atoms with Crippen LogP contribution in [0.15, 0.2) is 18.2 Å². The van der Waals surface area contributed by atoms with Gasteiger partial charge in [-0.3, -0.25) is 14.4 Å². The van der Waals surface area contributed by atoms with E-state index in [0.717, 1.165) is 38.6 Å². The molecule has 0 spiro atoms. The maximum Gasteiger partial charge on any atom is 0.337 e. The van der Waals surface area contributed by atoms with Gasteiger partial charge in [-0.05, 0) is 57.0 Å². The average molecular weight is 425 g/mol. The Hall–Kier alpha value is -2.33. The van der Waals surface area contributed by atoms with Gasteiger partial charge in [0.15, 0.2) is 0 Å². The fourth-order valence-electron chi connectivity index (χ4n) is 4.42. The number of likely N-dealkylation sites (tertiary alicyclic amines) is 1. The van der Waals surface area contributed by atoms with Crippen molar-refractivity contribution < 1.29 is 23.1 Å². The van der Waals surface area contributed by atoms with Crippen LogP contribution in [0, 0.1) is 0 Å². The van der Waals surface area contributed by atoms with Crippen LogP contribution in [0.5, 0.6) is 0 Å².